The number of ketones is 1. The maximum absolute atomic E-state index is 13.0. The van der Waals surface area contributed by atoms with E-state index in [4.69, 9.17) is 14.2 Å². The smallest absolute Gasteiger partial charge is 0.295 e. The molecule has 2 saturated heterocycles. The predicted molar refractivity (Wildman–Crippen MR) is 107 cm³/mol. The van der Waals surface area contributed by atoms with Gasteiger partial charge in [-0.1, -0.05) is 30.3 Å². The summed E-state index contributed by atoms with van der Waals surface area (Å²) in [5.74, 6) is -0.483. The summed E-state index contributed by atoms with van der Waals surface area (Å²) in [4.78, 5) is 27.5. The molecule has 0 bridgehead atoms. The quantitative estimate of drug-likeness (QED) is 0.476. The van der Waals surface area contributed by atoms with Gasteiger partial charge in [-0.3, -0.25) is 9.59 Å². The summed E-state index contributed by atoms with van der Waals surface area (Å²) in [6, 6.07) is 13.5. The zero-order valence-corrected chi connectivity index (χ0v) is 16.2. The molecule has 2 aromatic carbocycles. The molecule has 154 valence electrons. The third-order valence-corrected chi connectivity index (χ3v) is 5.73. The molecule has 0 saturated carbocycles. The van der Waals surface area contributed by atoms with E-state index in [2.05, 4.69) is 0 Å². The van der Waals surface area contributed by atoms with Crippen molar-refractivity contribution in [2.45, 2.75) is 25.0 Å². The maximum Gasteiger partial charge on any atom is 0.295 e. The molecular formula is C23H21NO6. The number of carbonyl (C=O) groups excluding carboxylic acids is 2. The molecule has 3 aliphatic heterocycles. The zero-order chi connectivity index (χ0) is 20.7. The van der Waals surface area contributed by atoms with Crippen molar-refractivity contribution in [1.29, 1.82) is 0 Å². The normalized spacial score (nSPS) is 24.6. The highest BCUT2D eigenvalue weighted by atomic mass is 16.7. The number of Topliss-reactive ketones (excluding diaryl/α,β-unsaturated/α-hetero) is 1. The minimum absolute atomic E-state index is 0.0723. The van der Waals surface area contributed by atoms with Crippen molar-refractivity contribution in [1.82, 2.24) is 4.90 Å². The van der Waals surface area contributed by atoms with Crippen LogP contribution in [0.2, 0.25) is 0 Å². The van der Waals surface area contributed by atoms with Crippen LogP contribution < -0.4 is 9.47 Å². The minimum Gasteiger partial charge on any atom is -0.507 e. The Morgan fingerprint density at radius 2 is 1.87 bits per heavy atom. The Balaban J connectivity index is 1.60. The Bertz CT molecular complexity index is 1030. The van der Waals surface area contributed by atoms with Gasteiger partial charge in [0.25, 0.3) is 11.7 Å². The van der Waals surface area contributed by atoms with Crippen molar-refractivity contribution in [3.05, 3.63) is 65.2 Å². The highest BCUT2D eigenvalue weighted by molar-refractivity contribution is 6.46. The number of rotatable bonds is 4. The second kappa shape index (κ2) is 7.50. The first-order chi connectivity index (χ1) is 14.6. The second-order valence-corrected chi connectivity index (χ2v) is 7.57. The van der Waals surface area contributed by atoms with E-state index >= 15 is 0 Å². The largest absolute Gasteiger partial charge is 0.507 e. The molecule has 2 atom stereocenters. The number of aliphatic hydroxyl groups excluding tert-OH is 1. The molecular weight excluding hydrogens is 386 g/mol. The van der Waals surface area contributed by atoms with E-state index in [-0.39, 0.29) is 24.2 Å². The molecule has 3 heterocycles. The van der Waals surface area contributed by atoms with Crippen LogP contribution in [0.1, 0.15) is 30.0 Å². The number of amides is 1. The molecule has 5 rings (SSSR count). The van der Waals surface area contributed by atoms with Gasteiger partial charge in [0.15, 0.2) is 11.5 Å². The Kier molecular flexibility index (Phi) is 4.67. The Hall–Kier alpha value is -3.32. The van der Waals surface area contributed by atoms with Crippen molar-refractivity contribution < 1.29 is 28.9 Å². The van der Waals surface area contributed by atoms with Crippen LogP contribution in [-0.2, 0) is 14.3 Å². The van der Waals surface area contributed by atoms with Gasteiger partial charge in [0.1, 0.15) is 5.76 Å². The van der Waals surface area contributed by atoms with Crippen LogP contribution >= 0.6 is 0 Å². The van der Waals surface area contributed by atoms with E-state index in [1.807, 2.05) is 30.3 Å². The van der Waals surface area contributed by atoms with Gasteiger partial charge in [-0.15, -0.1) is 0 Å². The lowest BCUT2D eigenvalue weighted by Gasteiger charge is -2.27. The fourth-order valence-corrected chi connectivity index (χ4v) is 4.26. The monoisotopic (exact) mass is 407 g/mol. The maximum atomic E-state index is 13.0. The topological polar surface area (TPSA) is 85.3 Å². The molecule has 1 amide bonds. The summed E-state index contributed by atoms with van der Waals surface area (Å²) in [6.07, 6.45) is 1.66. The summed E-state index contributed by atoms with van der Waals surface area (Å²) in [5.41, 5.74) is 1.23. The first kappa shape index (κ1) is 18.7. The van der Waals surface area contributed by atoms with Crippen molar-refractivity contribution in [3.63, 3.8) is 0 Å². The van der Waals surface area contributed by atoms with Gasteiger partial charge in [-0.25, -0.2) is 0 Å². The fourth-order valence-electron chi connectivity index (χ4n) is 4.26. The van der Waals surface area contributed by atoms with Gasteiger partial charge >= 0.3 is 0 Å². The van der Waals surface area contributed by atoms with Crippen molar-refractivity contribution in [2.75, 3.05) is 19.9 Å². The highest BCUT2D eigenvalue weighted by Gasteiger charge is 2.47. The molecule has 1 N–H and O–H groups in total. The van der Waals surface area contributed by atoms with Gasteiger partial charge in [-0.2, -0.15) is 0 Å². The molecule has 7 heteroatoms. The van der Waals surface area contributed by atoms with E-state index in [1.54, 1.807) is 18.2 Å². The lowest BCUT2D eigenvalue weighted by atomic mass is 9.95. The average Bonchev–Trinajstić information content (AvgIpc) is 3.50. The molecule has 0 spiro atoms. The van der Waals surface area contributed by atoms with Crippen molar-refractivity contribution in [2.24, 2.45) is 0 Å². The van der Waals surface area contributed by atoms with Gasteiger partial charge < -0.3 is 24.2 Å². The van der Waals surface area contributed by atoms with Crippen molar-refractivity contribution >= 4 is 17.4 Å². The average molecular weight is 407 g/mol. The molecule has 2 unspecified atom stereocenters. The first-order valence-corrected chi connectivity index (χ1v) is 9.98. The molecule has 0 radical (unpaired) electrons. The SMILES string of the molecule is O=C1C(=O)N(CC2CCCO2)C(c2ccccc2)/C1=C(/O)c1ccc2c(c1)OCO2. The van der Waals surface area contributed by atoms with Crippen LogP contribution in [0.5, 0.6) is 11.5 Å². The van der Waals surface area contributed by atoms with E-state index in [0.29, 0.717) is 30.2 Å². The number of fused-ring (bicyclic) bond motifs is 1. The van der Waals surface area contributed by atoms with Crippen LogP contribution in [0.4, 0.5) is 0 Å². The number of hydrogen-bond acceptors (Lipinski definition) is 6. The molecule has 7 nitrogen and oxygen atoms in total. The lowest BCUT2D eigenvalue weighted by molar-refractivity contribution is -0.140. The van der Waals surface area contributed by atoms with E-state index < -0.39 is 17.7 Å². The van der Waals surface area contributed by atoms with Crippen LogP contribution in [0.15, 0.2) is 54.1 Å². The molecule has 30 heavy (non-hydrogen) atoms. The summed E-state index contributed by atoms with van der Waals surface area (Å²) in [7, 11) is 0. The molecule has 0 aromatic heterocycles. The molecule has 2 fully saturated rings. The Labute approximate surface area is 173 Å². The van der Waals surface area contributed by atoms with E-state index in [9.17, 15) is 14.7 Å². The third-order valence-electron chi connectivity index (χ3n) is 5.73. The standard InChI is InChI=1S/C23H21NO6/c25-21(15-8-9-17-18(11-15)30-13-29-17)19-20(14-5-2-1-3-6-14)24(23(27)22(19)26)12-16-7-4-10-28-16/h1-3,5-6,8-9,11,16,20,25H,4,7,10,12-13H2/b21-19-. The molecule has 2 aromatic rings. The number of benzene rings is 2. The Morgan fingerprint density at radius 1 is 1.07 bits per heavy atom. The summed E-state index contributed by atoms with van der Waals surface area (Å²) >= 11 is 0. The first-order valence-electron chi connectivity index (χ1n) is 9.98. The zero-order valence-electron chi connectivity index (χ0n) is 16.2. The Morgan fingerprint density at radius 3 is 2.63 bits per heavy atom. The van der Waals surface area contributed by atoms with E-state index in [0.717, 1.165) is 18.4 Å². The number of ether oxygens (including phenoxy) is 3. The van der Waals surface area contributed by atoms with Gasteiger partial charge in [-0.05, 0) is 36.6 Å². The summed E-state index contributed by atoms with van der Waals surface area (Å²) in [6.45, 7) is 1.07. The number of aliphatic hydroxyl groups is 1. The fraction of sp³-hybridized carbons (Fsp3) is 0.304. The molecule has 0 aliphatic carbocycles. The lowest BCUT2D eigenvalue weighted by Crippen LogP contribution is -2.36. The second-order valence-electron chi connectivity index (χ2n) is 7.57. The predicted octanol–water partition coefficient (Wildman–Crippen LogP) is 3.02. The minimum atomic E-state index is -0.697. The van der Waals surface area contributed by atoms with Gasteiger partial charge in [0.05, 0.1) is 17.7 Å². The number of carbonyl (C=O) groups is 2. The molecule has 3 aliphatic rings. The van der Waals surface area contributed by atoms with Crippen LogP contribution in [0.25, 0.3) is 5.76 Å². The van der Waals surface area contributed by atoms with E-state index in [1.165, 1.54) is 4.90 Å². The van der Waals surface area contributed by atoms with Gasteiger partial charge in [0, 0.05) is 18.7 Å². The number of nitrogens with zero attached hydrogens (tertiary/aromatic N) is 1. The number of hydrogen-bond donors (Lipinski definition) is 1. The summed E-state index contributed by atoms with van der Waals surface area (Å²) < 4.78 is 16.4. The van der Waals surface area contributed by atoms with Gasteiger partial charge in [0.2, 0.25) is 6.79 Å². The van der Waals surface area contributed by atoms with Crippen molar-refractivity contribution in [3.8, 4) is 11.5 Å². The summed E-state index contributed by atoms with van der Waals surface area (Å²) in [5, 5.41) is 11.1. The van der Waals surface area contributed by atoms with Crippen LogP contribution in [0, 0.1) is 0 Å². The highest BCUT2D eigenvalue weighted by Crippen LogP contribution is 2.41. The third kappa shape index (κ3) is 3.11. The number of likely N-dealkylation sites (tertiary alicyclic amines) is 1. The van der Waals surface area contributed by atoms with Crippen LogP contribution in [-0.4, -0.2) is 47.7 Å². The van der Waals surface area contributed by atoms with Crippen LogP contribution in [0.3, 0.4) is 0 Å².